The molecule has 0 saturated heterocycles. The van der Waals surface area contributed by atoms with Crippen LogP contribution in [0.3, 0.4) is 0 Å². The lowest BCUT2D eigenvalue weighted by atomic mass is 9.89. The van der Waals surface area contributed by atoms with Gasteiger partial charge in [0.25, 0.3) is 0 Å². The predicted molar refractivity (Wildman–Crippen MR) is 209 cm³/mol. The number of hydrogen-bond acceptors (Lipinski definition) is 2. The summed E-state index contributed by atoms with van der Waals surface area (Å²) in [5.74, 6) is 0.650. The SMILES string of the molecule is c1ccc(-c2cc(-c3ccccc3)nc(-n3c4ccccc4c4c5c(c6ccccc6c6[nH]c7ccccc7c65)c5ccccc5c43)n2)cc1. The zero-order chi connectivity index (χ0) is 32.8. The summed E-state index contributed by atoms with van der Waals surface area (Å²) >= 11 is 0. The Balaban J connectivity index is 1.41. The van der Waals surface area contributed by atoms with Crippen LogP contribution in [-0.4, -0.2) is 19.5 Å². The zero-order valence-corrected chi connectivity index (χ0v) is 26.9. The lowest BCUT2D eigenvalue weighted by molar-refractivity contribution is 0.998. The Labute approximate surface area is 286 Å². The van der Waals surface area contributed by atoms with Crippen molar-refractivity contribution in [1.29, 1.82) is 0 Å². The van der Waals surface area contributed by atoms with E-state index in [1.807, 2.05) is 12.1 Å². The summed E-state index contributed by atoms with van der Waals surface area (Å²) in [5, 5.41) is 12.2. The predicted octanol–water partition coefficient (Wildman–Crippen LogP) is 12.0. The second-order valence-electron chi connectivity index (χ2n) is 13.0. The summed E-state index contributed by atoms with van der Waals surface area (Å²) in [6, 6.07) is 58.1. The van der Waals surface area contributed by atoms with Crippen molar-refractivity contribution in [3.8, 4) is 28.5 Å². The first kappa shape index (κ1) is 27.2. The summed E-state index contributed by atoms with van der Waals surface area (Å²) in [5.41, 5.74) is 8.36. The molecule has 0 atom stereocenters. The van der Waals surface area contributed by atoms with Gasteiger partial charge in [-0.2, -0.15) is 0 Å². The fourth-order valence-corrected chi connectivity index (χ4v) is 8.22. The van der Waals surface area contributed by atoms with E-state index in [9.17, 15) is 0 Å². The topological polar surface area (TPSA) is 46.5 Å². The summed E-state index contributed by atoms with van der Waals surface area (Å²) < 4.78 is 2.31. The van der Waals surface area contributed by atoms with Crippen molar-refractivity contribution in [2.75, 3.05) is 0 Å². The number of aromatic nitrogens is 4. The molecule has 11 aromatic rings. The van der Waals surface area contributed by atoms with Crippen molar-refractivity contribution in [3.05, 3.63) is 164 Å². The van der Waals surface area contributed by atoms with Gasteiger partial charge in [-0.15, -0.1) is 0 Å². The quantitative estimate of drug-likeness (QED) is 0.196. The van der Waals surface area contributed by atoms with E-state index in [4.69, 9.17) is 9.97 Å². The third-order valence-corrected chi connectivity index (χ3v) is 10.3. The van der Waals surface area contributed by atoms with Crippen LogP contribution in [0.5, 0.6) is 0 Å². The highest BCUT2D eigenvalue weighted by atomic mass is 15.2. The van der Waals surface area contributed by atoms with E-state index in [-0.39, 0.29) is 0 Å². The molecule has 0 aliphatic rings. The van der Waals surface area contributed by atoms with Crippen LogP contribution in [0.15, 0.2) is 164 Å². The van der Waals surface area contributed by atoms with Crippen molar-refractivity contribution in [3.63, 3.8) is 0 Å². The molecule has 1 N–H and O–H groups in total. The van der Waals surface area contributed by atoms with Crippen molar-refractivity contribution in [1.82, 2.24) is 19.5 Å². The van der Waals surface area contributed by atoms with Gasteiger partial charge in [0.2, 0.25) is 5.95 Å². The lowest BCUT2D eigenvalue weighted by Crippen LogP contribution is -2.04. The minimum absolute atomic E-state index is 0.650. The number of nitrogens with zero attached hydrogens (tertiary/aromatic N) is 3. The van der Waals surface area contributed by atoms with Crippen LogP contribution >= 0.6 is 0 Å². The highest BCUT2D eigenvalue weighted by Gasteiger charge is 2.25. The molecule has 0 bridgehead atoms. The number of fused-ring (bicyclic) bond motifs is 15. The number of aromatic amines is 1. The minimum Gasteiger partial charge on any atom is -0.354 e. The van der Waals surface area contributed by atoms with E-state index in [1.54, 1.807) is 0 Å². The third-order valence-electron chi connectivity index (χ3n) is 10.3. The van der Waals surface area contributed by atoms with Gasteiger partial charge in [0, 0.05) is 54.3 Å². The number of para-hydroxylation sites is 2. The molecule has 0 radical (unpaired) electrons. The van der Waals surface area contributed by atoms with E-state index >= 15 is 0 Å². The Morgan fingerprint density at radius 1 is 0.400 bits per heavy atom. The molecular weight excluding hydrogens is 609 g/mol. The van der Waals surface area contributed by atoms with Gasteiger partial charge in [-0.1, -0.05) is 146 Å². The molecule has 50 heavy (non-hydrogen) atoms. The van der Waals surface area contributed by atoms with Crippen LogP contribution in [0, 0.1) is 0 Å². The average molecular weight is 637 g/mol. The summed E-state index contributed by atoms with van der Waals surface area (Å²) in [4.78, 5) is 14.5. The monoisotopic (exact) mass is 636 g/mol. The Bertz CT molecular complexity index is 3080. The maximum Gasteiger partial charge on any atom is 0.235 e. The standard InChI is InChI=1S/C46H28N4/c1-3-15-28(16-4-1)37-27-38(29-17-5-2-6-18-29)49-46(48-37)50-39-26-14-12-24-35(39)42-43-40(31-20-8-10-22-33(31)45(42)50)30-19-7-9-21-32(30)44-41(43)34-23-11-13-25-36(34)47-44/h1-27,47H. The zero-order valence-electron chi connectivity index (χ0n) is 26.9. The van der Waals surface area contributed by atoms with E-state index in [0.717, 1.165) is 44.6 Å². The third kappa shape index (κ3) is 3.76. The lowest BCUT2D eigenvalue weighted by Gasteiger charge is -2.15. The van der Waals surface area contributed by atoms with Gasteiger partial charge in [-0.3, -0.25) is 4.57 Å². The smallest absolute Gasteiger partial charge is 0.235 e. The number of nitrogens with one attached hydrogen (secondary N) is 1. The van der Waals surface area contributed by atoms with Crippen molar-refractivity contribution in [2.45, 2.75) is 0 Å². The molecule has 0 saturated carbocycles. The second-order valence-corrected chi connectivity index (χ2v) is 13.0. The number of rotatable bonds is 3. The second kappa shape index (κ2) is 10.4. The Hall–Kier alpha value is -6.78. The first-order valence-electron chi connectivity index (χ1n) is 17.0. The van der Waals surface area contributed by atoms with Crippen LogP contribution in [0.2, 0.25) is 0 Å². The molecule has 0 spiro atoms. The molecule has 8 aromatic carbocycles. The van der Waals surface area contributed by atoms with Crippen LogP contribution in [0.4, 0.5) is 0 Å². The van der Waals surface area contributed by atoms with E-state index in [0.29, 0.717) is 5.95 Å². The van der Waals surface area contributed by atoms with Crippen molar-refractivity contribution >= 4 is 75.9 Å². The molecule has 232 valence electrons. The molecule has 0 aliphatic carbocycles. The molecular formula is C46H28N4. The summed E-state index contributed by atoms with van der Waals surface area (Å²) in [6.07, 6.45) is 0. The fourth-order valence-electron chi connectivity index (χ4n) is 8.22. The van der Waals surface area contributed by atoms with Crippen molar-refractivity contribution < 1.29 is 0 Å². The minimum atomic E-state index is 0.650. The highest BCUT2D eigenvalue weighted by molar-refractivity contribution is 6.45. The Morgan fingerprint density at radius 2 is 0.920 bits per heavy atom. The molecule has 0 amide bonds. The van der Waals surface area contributed by atoms with E-state index < -0.39 is 0 Å². The number of H-pyrrole nitrogens is 1. The molecule has 11 rings (SSSR count). The molecule has 0 fully saturated rings. The Morgan fingerprint density at radius 3 is 1.60 bits per heavy atom. The van der Waals surface area contributed by atoms with Crippen LogP contribution in [0.25, 0.3) is 104 Å². The van der Waals surface area contributed by atoms with Crippen LogP contribution in [-0.2, 0) is 0 Å². The molecule has 4 nitrogen and oxygen atoms in total. The van der Waals surface area contributed by atoms with E-state index in [2.05, 4.69) is 161 Å². The average Bonchev–Trinajstić information content (AvgIpc) is 3.76. The van der Waals surface area contributed by atoms with Gasteiger partial charge in [-0.05, 0) is 34.4 Å². The summed E-state index contributed by atoms with van der Waals surface area (Å²) in [7, 11) is 0. The van der Waals surface area contributed by atoms with Gasteiger partial charge >= 0.3 is 0 Å². The molecule has 3 heterocycles. The van der Waals surface area contributed by atoms with Gasteiger partial charge in [0.05, 0.1) is 27.9 Å². The van der Waals surface area contributed by atoms with Gasteiger partial charge in [-0.25, -0.2) is 9.97 Å². The van der Waals surface area contributed by atoms with E-state index in [1.165, 1.54) is 53.9 Å². The van der Waals surface area contributed by atoms with Crippen LogP contribution < -0.4 is 0 Å². The Kier molecular flexibility index (Phi) is 5.63. The van der Waals surface area contributed by atoms with Crippen LogP contribution in [0.1, 0.15) is 0 Å². The number of hydrogen-bond donors (Lipinski definition) is 1. The summed E-state index contributed by atoms with van der Waals surface area (Å²) in [6.45, 7) is 0. The van der Waals surface area contributed by atoms with Gasteiger partial charge < -0.3 is 4.98 Å². The van der Waals surface area contributed by atoms with Gasteiger partial charge in [0.15, 0.2) is 0 Å². The maximum atomic E-state index is 5.36. The van der Waals surface area contributed by atoms with Crippen molar-refractivity contribution in [2.24, 2.45) is 0 Å². The number of benzene rings is 8. The molecule has 3 aromatic heterocycles. The fraction of sp³-hybridized carbons (Fsp3) is 0. The normalized spacial score (nSPS) is 12.0. The molecule has 0 unspecified atom stereocenters. The molecule has 0 aliphatic heterocycles. The first-order valence-corrected chi connectivity index (χ1v) is 17.0. The first-order chi connectivity index (χ1) is 24.8. The highest BCUT2D eigenvalue weighted by Crippen LogP contribution is 2.49. The molecule has 4 heteroatoms. The largest absolute Gasteiger partial charge is 0.354 e. The maximum absolute atomic E-state index is 5.36. The van der Waals surface area contributed by atoms with Gasteiger partial charge in [0.1, 0.15) is 0 Å².